The smallest absolute Gasteiger partial charge is 0.137 e. The lowest BCUT2D eigenvalue weighted by Crippen LogP contribution is -2.37. The number of aliphatic hydroxyl groups excluding tert-OH is 1. The van der Waals surface area contributed by atoms with Gasteiger partial charge in [-0.3, -0.25) is 0 Å². The van der Waals surface area contributed by atoms with E-state index in [1.165, 1.54) is 12.1 Å². The van der Waals surface area contributed by atoms with E-state index in [2.05, 4.69) is 15.9 Å². The second-order valence-corrected chi connectivity index (χ2v) is 4.58. The highest BCUT2D eigenvalue weighted by Crippen LogP contribution is 2.30. The fraction of sp³-hybridized carbons (Fsp3) is 0.333. The standard InChI is InChI=1S/C9H10BrClFNO/c1-9(13,4-14)5-2-8(12)6(10)3-7(5)11/h2-3,14H,4,13H2,1H3. The largest absolute Gasteiger partial charge is 0.394 e. The Bertz CT molecular complexity index is 357. The molecular weight excluding hydrogens is 272 g/mol. The van der Waals surface area contributed by atoms with Crippen molar-refractivity contribution in [2.45, 2.75) is 12.5 Å². The van der Waals surface area contributed by atoms with Crippen LogP contribution >= 0.6 is 27.5 Å². The van der Waals surface area contributed by atoms with Gasteiger partial charge in [-0.1, -0.05) is 11.6 Å². The van der Waals surface area contributed by atoms with Crippen LogP contribution < -0.4 is 5.73 Å². The van der Waals surface area contributed by atoms with E-state index in [0.29, 0.717) is 10.6 Å². The van der Waals surface area contributed by atoms with Crippen LogP contribution in [-0.4, -0.2) is 11.7 Å². The van der Waals surface area contributed by atoms with Crippen LogP contribution in [0, 0.1) is 5.82 Å². The molecule has 0 aliphatic heterocycles. The highest BCUT2D eigenvalue weighted by atomic mass is 79.9. The van der Waals surface area contributed by atoms with E-state index in [9.17, 15) is 4.39 Å². The van der Waals surface area contributed by atoms with Gasteiger partial charge in [-0.05, 0) is 40.5 Å². The van der Waals surface area contributed by atoms with Crippen molar-refractivity contribution in [1.82, 2.24) is 0 Å². The molecule has 0 aromatic heterocycles. The van der Waals surface area contributed by atoms with Crippen LogP contribution in [0.4, 0.5) is 4.39 Å². The van der Waals surface area contributed by atoms with E-state index in [1.54, 1.807) is 6.92 Å². The fourth-order valence-electron chi connectivity index (χ4n) is 1.05. The SMILES string of the molecule is CC(N)(CO)c1cc(F)c(Br)cc1Cl. The molecule has 78 valence electrons. The third-order valence-corrected chi connectivity index (χ3v) is 2.87. The van der Waals surface area contributed by atoms with Gasteiger partial charge < -0.3 is 10.8 Å². The summed E-state index contributed by atoms with van der Waals surface area (Å²) in [6.07, 6.45) is 0. The lowest BCUT2D eigenvalue weighted by atomic mass is 9.94. The second-order valence-electron chi connectivity index (χ2n) is 3.32. The highest BCUT2D eigenvalue weighted by molar-refractivity contribution is 9.10. The molecule has 0 aliphatic rings. The van der Waals surface area contributed by atoms with Crippen LogP contribution in [0.3, 0.4) is 0 Å². The van der Waals surface area contributed by atoms with Crippen molar-refractivity contribution < 1.29 is 9.50 Å². The predicted octanol–water partition coefficient (Wildman–Crippen LogP) is 2.41. The van der Waals surface area contributed by atoms with Gasteiger partial charge in [0.2, 0.25) is 0 Å². The summed E-state index contributed by atoms with van der Waals surface area (Å²) >= 11 is 8.88. The Kier molecular flexibility index (Phi) is 3.53. The molecule has 0 amide bonds. The zero-order valence-corrected chi connectivity index (χ0v) is 9.86. The number of halogens is 3. The Morgan fingerprint density at radius 3 is 2.71 bits per heavy atom. The molecular formula is C9H10BrClFNO. The van der Waals surface area contributed by atoms with Crippen molar-refractivity contribution in [3.63, 3.8) is 0 Å². The lowest BCUT2D eigenvalue weighted by Gasteiger charge is -2.23. The van der Waals surface area contributed by atoms with Crippen molar-refractivity contribution in [2.24, 2.45) is 5.73 Å². The third kappa shape index (κ3) is 2.25. The summed E-state index contributed by atoms with van der Waals surface area (Å²) in [7, 11) is 0. The Hall–Kier alpha value is -0.160. The molecule has 1 atom stereocenters. The first-order chi connectivity index (χ1) is 6.38. The average molecular weight is 283 g/mol. The molecule has 3 N–H and O–H groups in total. The molecule has 0 saturated heterocycles. The Morgan fingerprint density at radius 1 is 1.64 bits per heavy atom. The molecule has 0 aliphatic carbocycles. The maximum absolute atomic E-state index is 13.2. The van der Waals surface area contributed by atoms with E-state index in [1.807, 2.05) is 0 Å². The van der Waals surface area contributed by atoms with Crippen LogP contribution in [0.2, 0.25) is 5.02 Å². The Balaban J connectivity index is 3.29. The quantitative estimate of drug-likeness (QED) is 0.818. The molecule has 1 aromatic rings. The molecule has 0 fully saturated rings. The first-order valence-corrected chi connectivity index (χ1v) is 5.10. The fourth-order valence-corrected chi connectivity index (χ4v) is 1.90. The van der Waals surface area contributed by atoms with Crippen LogP contribution in [0.25, 0.3) is 0 Å². The van der Waals surface area contributed by atoms with Crippen LogP contribution in [0.5, 0.6) is 0 Å². The number of benzene rings is 1. The molecule has 0 radical (unpaired) electrons. The maximum Gasteiger partial charge on any atom is 0.137 e. The van der Waals surface area contributed by atoms with Gasteiger partial charge in [0.1, 0.15) is 5.82 Å². The molecule has 2 nitrogen and oxygen atoms in total. The molecule has 1 rings (SSSR count). The van der Waals surface area contributed by atoms with Gasteiger partial charge in [0.25, 0.3) is 0 Å². The van der Waals surface area contributed by atoms with E-state index >= 15 is 0 Å². The monoisotopic (exact) mass is 281 g/mol. The van der Waals surface area contributed by atoms with Gasteiger partial charge in [0.05, 0.1) is 16.6 Å². The predicted molar refractivity (Wildman–Crippen MR) is 57.7 cm³/mol. The van der Waals surface area contributed by atoms with Crippen molar-refractivity contribution in [3.8, 4) is 0 Å². The number of hydrogen-bond acceptors (Lipinski definition) is 2. The summed E-state index contributed by atoms with van der Waals surface area (Å²) in [5, 5.41) is 9.35. The summed E-state index contributed by atoms with van der Waals surface area (Å²) in [5.41, 5.74) is 5.10. The van der Waals surface area contributed by atoms with Crippen molar-refractivity contribution in [1.29, 1.82) is 0 Å². The summed E-state index contributed by atoms with van der Waals surface area (Å²) < 4.78 is 13.5. The van der Waals surface area contributed by atoms with E-state index < -0.39 is 11.4 Å². The normalized spacial score (nSPS) is 15.3. The van der Waals surface area contributed by atoms with E-state index in [-0.39, 0.29) is 11.1 Å². The summed E-state index contributed by atoms with van der Waals surface area (Å²) in [6.45, 7) is 1.29. The molecule has 1 unspecified atom stereocenters. The van der Waals surface area contributed by atoms with Gasteiger partial charge in [-0.25, -0.2) is 4.39 Å². The number of nitrogens with two attached hydrogens (primary N) is 1. The van der Waals surface area contributed by atoms with Crippen molar-refractivity contribution in [2.75, 3.05) is 6.61 Å². The molecule has 0 saturated carbocycles. The van der Waals surface area contributed by atoms with Gasteiger partial charge >= 0.3 is 0 Å². The summed E-state index contributed by atoms with van der Waals surface area (Å²) in [6, 6.07) is 2.65. The molecule has 0 spiro atoms. The number of hydrogen-bond donors (Lipinski definition) is 2. The zero-order valence-electron chi connectivity index (χ0n) is 7.52. The van der Waals surface area contributed by atoms with Gasteiger partial charge in [-0.2, -0.15) is 0 Å². The molecule has 0 heterocycles. The topological polar surface area (TPSA) is 46.2 Å². The Labute approximate surface area is 95.0 Å². The van der Waals surface area contributed by atoms with E-state index in [0.717, 1.165) is 0 Å². The van der Waals surface area contributed by atoms with Gasteiger partial charge in [0, 0.05) is 5.02 Å². The first kappa shape index (κ1) is 11.9. The van der Waals surface area contributed by atoms with Crippen LogP contribution in [-0.2, 0) is 5.54 Å². The van der Waals surface area contributed by atoms with Gasteiger partial charge in [-0.15, -0.1) is 0 Å². The van der Waals surface area contributed by atoms with Crippen molar-refractivity contribution >= 4 is 27.5 Å². The van der Waals surface area contributed by atoms with Crippen molar-refractivity contribution in [3.05, 3.63) is 33.0 Å². The number of aliphatic hydroxyl groups is 1. The molecule has 5 heteroatoms. The minimum absolute atomic E-state index is 0.278. The molecule has 14 heavy (non-hydrogen) atoms. The molecule has 0 bridgehead atoms. The maximum atomic E-state index is 13.2. The van der Waals surface area contributed by atoms with Crippen LogP contribution in [0.15, 0.2) is 16.6 Å². The minimum atomic E-state index is -1.03. The van der Waals surface area contributed by atoms with E-state index in [4.69, 9.17) is 22.4 Å². The summed E-state index contributed by atoms with van der Waals surface area (Å²) in [5.74, 6) is -0.450. The lowest BCUT2D eigenvalue weighted by molar-refractivity contribution is 0.210. The molecule has 1 aromatic carbocycles. The summed E-state index contributed by atoms with van der Waals surface area (Å²) in [4.78, 5) is 0. The third-order valence-electron chi connectivity index (χ3n) is 1.95. The Morgan fingerprint density at radius 2 is 2.21 bits per heavy atom. The minimum Gasteiger partial charge on any atom is -0.394 e. The first-order valence-electron chi connectivity index (χ1n) is 3.93. The van der Waals surface area contributed by atoms with Gasteiger partial charge in [0.15, 0.2) is 0 Å². The number of rotatable bonds is 2. The zero-order chi connectivity index (χ0) is 10.9. The van der Waals surface area contributed by atoms with Crippen LogP contribution in [0.1, 0.15) is 12.5 Å². The second kappa shape index (κ2) is 4.14. The highest BCUT2D eigenvalue weighted by Gasteiger charge is 2.24. The average Bonchev–Trinajstić information content (AvgIpc) is 2.11.